The molecular formula is C4H7NS3. The lowest BCUT2D eigenvalue weighted by Gasteiger charge is -1.90. The highest BCUT2D eigenvalue weighted by Crippen LogP contribution is 2.06. The molecular weight excluding hydrogens is 158 g/mol. The van der Waals surface area contributed by atoms with Crippen LogP contribution in [0.25, 0.3) is 0 Å². The Kier molecular flexibility index (Phi) is 4.41. The van der Waals surface area contributed by atoms with Crippen molar-refractivity contribution in [3.63, 3.8) is 0 Å². The van der Waals surface area contributed by atoms with Gasteiger partial charge in [-0.3, -0.25) is 0 Å². The number of nitrogens with two attached hydrogens (primary N) is 1. The Hall–Kier alpha value is 0.330. The fraction of sp³-hybridized carbons (Fsp3) is 0.250. The lowest BCUT2D eigenvalue weighted by Crippen LogP contribution is -2.06. The maximum Gasteiger partial charge on any atom is 0.110 e. The van der Waals surface area contributed by atoms with Gasteiger partial charge in [-0.1, -0.05) is 12.2 Å². The Bertz CT molecular complexity index is 118. The van der Waals surface area contributed by atoms with Crippen molar-refractivity contribution in [2.24, 2.45) is 5.73 Å². The molecule has 0 spiro atoms. The first-order valence-corrected chi connectivity index (χ1v) is 4.04. The summed E-state index contributed by atoms with van der Waals surface area (Å²) in [6, 6.07) is 0. The third-order valence-corrected chi connectivity index (χ3v) is 1.87. The minimum absolute atomic E-state index is 0.350. The summed E-state index contributed by atoms with van der Waals surface area (Å²) in [6.07, 6.45) is 1.93. The molecule has 8 heavy (non-hydrogen) atoms. The summed E-state index contributed by atoms with van der Waals surface area (Å²) >= 11 is 10.1. The number of thiol groups is 1. The number of thioether (sulfide) groups is 1. The summed E-state index contributed by atoms with van der Waals surface area (Å²) < 4.78 is 0. The number of rotatable bonds is 2. The molecule has 2 N–H and O–H groups in total. The normalized spacial score (nSPS) is 11.5. The van der Waals surface area contributed by atoms with Crippen LogP contribution in [-0.2, 0) is 0 Å². The molecule has 0 saturated heterocycles. The topological polar surface area (TPSA) is 26.0 Å². The van der Waals surface area contributed by atoms with E-state index in [4.69, 9.17) is 5.73 Å². The molecule has 0 bridgehead atoms. The summed E-state index contributed by atoms with van der Waals surface area (Å²) in [6.45, 7) is 0. The monoisotopic (exact) mass is 165 g/mol. The second-order valence-corrected chi connectivity index (χ2v) is 2.73. The molecule has 0 amide bonds. The van der Waals surface area contributed by atoms with Crippen molar-refractivity contribution >= 4 is 41.6 Å². The van der Waals surface area contributed by atoms with Gasteiger partial charge in [-0.05, 0) is 11.7 Å². The van der Waals surface area contributed by atoms with Gasteiger partial charge in [-0.15, -0.1) is 24.4 Å². The van der Waals surface area contributed by atoms with Crippen LogP contribution in [0.5, 0.6) is 0 Å². The van der Waals surface area contributed by atoms with Gasteiger partial charge in [0.2, 0.25) is 0 Å². The number of thiocarbonyl (C=S) groups is 1. The SMILES string of the molecule is CS/C=C(/S)C(N)=S. The second kappa shape index (κ2) is 4.23. The average Bonchev–Trinajstić information content (AvgIpc) is 1.67. The van der Waals surface area contributed by atoms with Gasteiger partial charge in [0.1, 0.15) is 4.99 Å². The van der Waals surface area contributed by atoms with E-state index < -0.39 is 0 Å². The van der Waals surface area contributed by atoms with Crippen LogP contribution in [0, 0.1) is 0 Å². The lowest BCUT2D eigenvalue weighted by atomic mass is 10.6. The Labute approximate surface area is 64.1 Å². The maximum absolute atomic E-state index is 5.20. The molecule has 0 aromatic carbocycles. The van der Waals surface area contributed by atoms with E-state index in [1.165, 1.54) is 11.8 Å². The van der Waals surface area contributed by atoms with Gasteiger partial charge in [0.25, 0.3) is 0 Å². The van der Waals surface area contributed by atoms with Crippen LogP contribution in [0.3, 0.4) is 0 Å². The molecule has 0 saturated carbocycles. The van der Waals surface area contributed by atoms with Crippen LogP contribution in [0.1, 0.15) is 0 Å². The van der Waals surface area contributed by atoms with Crippen molar-refractivity contribution in [2.45, 2.75) is 0 Å². The minimum Gasteiger partial charge on any atom is -0.389 e. The van der Waals surface area contributed by atoms with E-state index in [0.29, 0.717) is 9.89 Å². The smallest absolute Gasteiger partial charge is 0.110 e. The van der Waals surface area contributed by atoms with Gasteiger partial charge < -0.3 is 5.73 Å². The molecule has 0 rings (SSSR count). The molecule has 0 aromatic rings. The van der Waals surface area contributed by atoms with Gasteiger partial charge in [-0.25, -0.2) is 0 Å². The zero-order valence-corrected chi connectivity index (χ0v) is 6.95. The van der Waals surface area contributed by atoms with E-state index in [2.05, 4.69) is 24.8 Å². The molecule has 0 aliphatic carbocycles. The number of hydrogen-bond acceptors (Lipinski definition) is 3. The molecule has 0 atom stereocenters. The van der Waals surface area contributed by atoms with E-state index >= 15 is 0 Å². The van der Waals surface area contributed by atoms with Gasteiger partial charge in [0.05, 0.1) is 0 Å². The zero-order chi connectivity index (χ0) is 6.57. The van der Waals surface area contributed by atoms with Crippen LogP contribution in [-0.4, -0.2) is 11.2 Å². The quantitative estimate of drug-likeness (QED) is 0.368. The van der Waals surface area contributed by atoms with Crippen LogP contribution in [0.2, 0.25) is 0 Å². The highest BCUT2D eigenvalue weighted by molar-refractivity contribution is 8.02. The van der Waals surface area contributed by atoms with Gasteiger partial charge in [0.15, 0.2) is 0 Å². The van der Waals surface area contributed by atoms with E-state index in [0.717, 1.165) is 0 Å². The largest absolute Gasteiger partial charge is 0.389 e. The predicted octanol–water partition coefficient (Wildman–Crippen LogP) is 1.41. The molecule has 1 nitrogen and oxygen atoms in total. The fourth-order valence-electron chi connectivity index (χ4n) is 0.170. The Morgan fingerprint density at radius 2 is 2.38 bits per heavy atom. The number of hydrogen-bond donors (Lipinski definition) is 2. The van der Waals surface area contributed by atoms with Crippen molar-refractivity contribution in [2.75, 3.05) is 6.26 Å². The van der Waals surface area contributed by atoms with Crippen LogP contribution < -0.4 is 5.73 Å². The van der Waals surface area contributed by atoms with Gasteiger partial charge >= 0.3 is 0 Å². The predicted molar refractivity (Wildman–Crippen MR) is 47.4 cm³/mol. The first-order chi connectivity index (χ1) is 3.68. The standard InChI is InChI=1S/C4H7NS3/c1-8-2-3(6)4(5)7/h2,6H,1H3,(H2,5,7)/b3-2+. The summed E-state index contributed by atoms with van der Waals surface area (Å²) in [5.41, 5.74) is 5.20. The molecule has 0 heterocycles. The van der Waals surface area contributed by atoms with E-state index in [9.17, 15) is 0 Å². The highest BCUT2D eigenvalue weighted by Gasteiger charge is 1.88. The van der Waals surface area contributed by atoms with Crippen molar-refractivity contribution in [1.82, 2.24) is 0 Å². The van der Waals surface area contributed by atoms with Gasteiger partial charge in [-0.2, -0.15) is 0 Å². The average molecular weight is 165 g/mol. The molecule has 0 aromatic heterocycles. The van der Waals surface area contributed by atoms with Gasteiger partial charge in [0, 0.05) is 4.91 Å². The summed E-state index contributed by atoms with van der Waals surface area (Å²) in [4.78, 5) is 1.02. The van der Waals surface area contributed by atoms with Crippen molar-refractivity contribution in [3.05, 3.63) is 10.3 Å². The highest BCUT2D eigenvalue weighted by atomic mass is 32.2. The summed E-state index contributed by atoms with van der Waals surface area (Å²) in [7, 11) is 0. The maximum atomic E-state index is 5.20. The molecule has 0 radical (unpaired) electrons. The Morgan fingerprint density at radius 1 is 1.88 bits per heavy atom. The lowest BCUT2D eigenvalue weighted by molar-refractivity contribution is 1.82. The molecule has 46 valence electrons. The van der Waals surface area contributed by atoms with E-state index in [-0.39, 0.29) is 0 Å². The van der Waals surface area contributed by atoms with Crippen molar-refractivity contribution in [3.8, 4) is 0 Å². The first-order valence-electron chi connectivity index (χ1n) is 1.90. The van der Waals surface area contributed by atoms with Crippen LogP contribution in [0.4, 0.5) is 0 Å². The summed E-state index contributed by atoms with van der Waals surface area (Å²) in [5.74, 6) is 0. The Balaban J connectivity index is 3.80. The van der Waals surface area contributed by atoms with Crippen LogP contribution in [0.15, 0.2) is 10.3 Å². The molecule has 0 unspecified atom stereocenters. The first kappa shape index (κ1) is 8.33. The molecule has 0 aliphatic rings. The van der Waals surface area contributed by atoms with Crippen molar-refractivity contribution in [1.29, 1.82) is 0 Å². The zero-order valence-electron chi connectivity index (χ0n) is 4.42. The fourth-order valence-corrected chi connectivity index (χ4v) is 0.970. The van der Waals surface area contributed by atoms with Crippen molar-refractivity contribution < 1.29 is 0 Å². The molecule has 0 fully saturated rings. The molecule has 0 aliphatic heterocycles. The van der Waals surface area contributed by atoms with Crippen LogP contribution >= 0.6 is 36.6 Å². The Morgan fingerprint density at radius 3 is 2.50 bits per heavy atom. The summed E-state index contributed by atoms with van der Waals surface area (Å²) in [5, 5.41) is 1.80. The van der Waals surface area contributed by atoms with E-state index in [1.54, 1.807) is 5.41 Å². The minimum atomic E-state index is 0.350. The molecule has 4 heteroatoms. The van der Waals surface area contributed by atoms with E-state index in [1.807, 2.05) is 6.26 Å². The third-order valence-electron chi connectivity index (χ3n) is 0.482. The second-order valence-electron chi connectivity index (χ2n) is 1.10. The third kappa shape index (κ3) is 3.35.